The van der Waals surface area contributed by atoms with Crippen molar-refractivity contribution in [2.45, 2.75) is 12.8 Å². The molecule has 0 bridgehead atoms. The molecular formula is C23H22FN3O4. The minimum Gasteiger partial charge on any atom is -0.486 e. The van der Waals surface area contributed by atoms with Crippen molar-refractivity contribution in [3.8, 4) is 11.5 Å². The number of hydrogen-bond acceptors (Lipinski definition) is 4. The second-order valence-electron chi connectivity index (χ2n) is 7.84. The highest BCUT2D eigenvalue weighted by atomic mass is 19.1. The molecule has 1 fully saturated rings. The number of anilines is 1. The number of hydrogen-bond donors (Lipinski definition) is 2. The number of nitrogens with zero attached hydrogens (tertiary/aromatic N) is 1. The Balaban J connectivity index is 1.20. The van der Waals surface area contributed by atoms with Crippen LogP contribution < -0.4 is 14.8 Å². The van der Waals surface area contributed by atoms with E-state index >= 15 is 0 Å². The summed E-state index contributed by atoms with van der Waals surface area (Å²) in [5.74, 6) is 0.310. The van der Waals surface area contributed by atoms with Crippen LogP contribution in [0, 0.1) is 11.7 Å². The van der Waals surface area contributed by atoms with Gasteiger partial charge in [-0.05, 0) is 42.3 Å². The summed E-state index contributed by atoms with van der Waals surface area (Å²) in [4.78, 5) is 30.0. The Morgan fingerprint density at radius 2 is 2.00 bits per heavy atom. The van der Waals surface area contributed by atoms with Crippen molar-refractivity contribution in [2.24, 2.45) is 5.92 Å². The van der Waals surface area contributed by atoms with Gasteiger partial charge in [0.1, 0.15) is 19.0 Å². The van der Waals surface area contributed by atoms with Crippen LogP contribution in [-0.2, 0) is 16.0 Å². The van der Waals surface area contributed by atoms with E-state index < -0.39 is 5.92 Å². The average Bonchev–Trinajstić information content (AvgIpc) is 3.35. The second kappa shape index (κ2) is 7.94. The fraction of sp³-hybridized carbons (Fsp3) is 0.304. The number of rotatable bonds is 5. The predicted molar refractivity (Wildman–Crippen MR) is 113 cm³/mol. The Labute approximate surface area is 178 Å². The topological polar surface area (TPSA) is 83.7 Å². The number of fused-ring (bicyclic) bond motifs is 2. The number of aromatic nitrogens is 1. The number of benzene rings is 2. The lowest BCUT2D eigenvalue weighted by atomic mass is 10.1. The fourth-order valence-electron chi connectivity index (χ4n) is 4.14. The monoisotopic (exact) mass is 423 g/mol. The molecule has 2 aliphatic heterocycles. The van der Waals surface area contributed by atoms with Crippen molar-refractivity contribution < 1.29 is 23.5 Å². The van der Waals surface area contributed by atoms with Crippen LogP contribution in [0.15, 0.2) is 42.6 Å². The largest absolute Gasteiger partial charge is 0.486 e. The molecule has 0 aliphatic carbocycles. The van der Waals surface area contributed by atoms with Gasteiger partial charge in [0, 0.05) is 48.4 Å². The van der Waals surface area contributed by atoms with Crippen molar-refractivity contribution in [2.75, 3.05) is 31.6 Å². The molecule has 1 atom stereocenters. The highest BCUT2D eigenvalue weighted by Crippen LogP contribution is 2.33. The van der Waals surface area contributed by atoms with Crippen molar-refractivity contribution in [3.63, 3.8) is 0 Å². The molecule has 8 heteroatoms. The molecular weight excluding hydrogens is 401 g/mol. The minimum absolute atomic E-state index is 0.0478. The molecule has 3 aromatic rings. The maximum atomic E-state index is 13.6. The molecule has 3 heterocycles. The van der Waals surface area contributed by atoms with E-state index in [9.17, 15) is 14.0 Å². The first-order valence-corrected chi connectivity index (χ1v) is 10.3. The van der Waals surface area contributed by atoms with Crippen LogP contribution in [0.4, 0.5) is 10.1 Å². The molecule has 31 heavy (non-hydrogen) atoms. The number of H-pyrrole nitrogens is 1. The van der Waals surface area contributed by atoms with E-state index in [2.05, 4.69) is 10.3 Å². The Morgan fingerprint density at radius 3 is 2.87 bits per heavy atom. The summed E-state index contributed by atoms with van der Waals surface area (Å²) in [7, 11) is 0. The number of halogens is 1. The van der Waals surface area contributed by atoms with Crippen LogP contribution in [0.3, 0.4) is 0 Å². The Morgan fingerprint density at radius 1 is 1.16 bits per heavy atom. The van der Waals surface area contributed by atoms with Crippen LogP contribution in [-0.4, -0.2) is 48.0 Å². The molecule has 0 spiro atoms. The van der Waals surface area contributed by atoms with Crippen molar-refractivity contribution in [1.82, 2.24) is 9.88 Å². The summed E-state index contributed by atoms with van der Waals surface area (Å²) in [6.07, 6.45) is 2.61. The lowest BCUT2D eigenvalue weighted by molar-refractivity contribution is -0.128. The average molecular weight is 423 g/mol. The maximum Gasteiger partial charge on any atom is 0.229 e. The molecule has 7 nitrogen and oxygen atoms in total. The molecule has 2 amide bonds. The van der Waals surface area contributed by atoms with Gasteiger partial charge in [0.05, 0.1) is 5.92 Å². The third kappa shape index (κ3) is 3.93. The van der Waals surface area contributed by atoms with E-state index in [0.717, 1.165) is 16.5 Å². The van der Waals surface area contributed by atoms with Gasteiger partial charge >= 0.3 is 0 Å². The molecule has 2 aromatic carbocycles. The molecule has 0 saturated carbocycles. The van der Waals surface area contributed by atoms with Crippen LogP contribution in [0.5, 0.6) is 11.5 Å². The SMILES string of the molecule is O=C(Nc1ccc2c(c1)OCCO2)C1CC(=O)N(CCc2c[nH]c3ccc(F)cc23)C1. The van der Waals surface area contributed by atoms with Gasteiger partial charge in [-0.2, -0.15) is 0 Å². The summed E-state index contributed by atoms with van der Waals surface area (Å²) in [6, 6.07) is 9.87. The van der Waals surface area contributed by atoms with Gasteiger partial charge in [-0.15, -0.1) is 0 Å². The number of carbonyl (C=O) groups is 2. The molecule has 0 radical (unpaired) electrons. The predicted octanol–water partition coefficient (Wildman–Crippen LogP) is 3.11. The Bertz CT molecular complexity index is 1160. The molecule has 1 saturated heterocycles. The van der Waals surface area contributed by atoms with Gasteiger partial charge in [0.25, 0.3) is 0 Å². The number of ether oxygens (including phenoxy) is 2. The third-order valence-electron chi connectivity index (χ3n) is 5.78. The van der Waals surface area contributed by atoms with E-state index in [4.69, 9.17) is 9.47 Å². The minimum atomic E-state index is -0.416. The molecule has 5 rings (SSSR count). The summed E-state index contributed by atoms with van der Waals surface area (Å²) < 4.78 is 24.6. The summed E-state index contributed by atoms with van der Waals surface area (Å²) >= 11 is 0. The van der Waals surface area contributed by atoms with Gasteiger partial charge in [-0.25, -0.2) is 4.39 Å². The van der Waals surface area contributed by atoms with Crippen LogP contribution >= 0.6 is 0 Å². The number of aromatic amines is 1. The van der Waals surface area contributed by atoms with Crippen LogP contribution in [0.1, 0.15) is 12.0 Å². The van der Waals surface area contributed by atoms with Crippen molar-refractivity contribution in [1.29, 1.82) is 0 Å². The lowest BCUT2D eigenvalue weighted by Gasteiger charge is -2.19. The number of carbonyl (C=O) groups excluding carboxylic acids is 2. The Hall–Kier alpha value is -3.55. The van der Waals surface area contributed by atoms with E-state index in [1.54, 1.807) is 29.2 Å². The van der Waals surface area contributed by atoms with Gasteiger partial charge in [-0.3, -0.25) is 9.59 Å². The third-order valence-corrected chi connectivity index (χ3v) is 5.78. The van der Waals surface area contributed by atoms with Gasteiger partial charge in [-0.1, -0.05) is 0 Å². The summed E-state index contributed by atoms with van der Waals surface area (Å²) in [5, 5.41) is 3.69. The first-order chi connectivity index (χ1) is 15.1. The first kappa shape index (κ1) is 19.4. The van der Waals surface area contributed by atoms with Crippen molar-refractivity contribution >= 4 is 28.4 Å². The number of nitrogens with one attached hydrogen (secondary N) is 2. The smallest absolute Gasteiger partial charge is 0.229 e. The highest BCUT2D eigenvalue weighted by Gasteiger charge is 2.34. The Kier molecular flexibility index (Phi) is 4.97. The van der Waals surface area contributed by atoms with E-state index in [1.807, 2.05) is 6.20 Å². The molecule has 1 aromatic heterocycles. The zero-order valence-electron chi connectivity index (χ0n) is 16.8. The van der Waals surface area contributed by atoms with E-state index in [1.165, 1.54) is 12.1 Å². The maximum absolute atomic E-state index is 13.6. The highest BCUT2D eigenvalue weighted by molar-refractivity contribution is 5.97. The van der Waals surface area contributed by atoms with Gasteiger partial charge in [0.15, 0.2) is 11.5 Å². The zero-order valence-corrected chi connectivity index (χ0v) is 16.8. The molecule has 2 N–H and O–H groups in total. The fourth-order valence-corrected chi connectivity index (χ4v) is 4.14. The van der Waals surface area contributed by atoms with E-state index in [-0.39, 0.29) is 24.1 Å². The van der Waals surface area contributed by atoms with Gasteiger partial charge in [0.2, 0.25) is 11.8 Å². The molecule has 160 valence electrons. The summed E-state index contributed by atoms with van der Waals surface area (Å²) in [6.45, 7) is 1.83. The van der Waals surface area contributed by atoms with E-state index in [0.29, 0.717) is 49.9 Å². The number of amides is 2. The number of likely N-dealkylation sites (tertiary alicyclic amines) is 1. The second-order valence-corrected chi connectivity index (χ2v) is 7.84. The molecule has 2 aliphatic rings. The zero-order chi connectivity index (χ0) is 21.4. The van der Waals surface area contributed by atoms with Crippen molar-refractivity contribution in [3.05, 3.63) is 54.0 Å². The molecule has 1 unspecified atom stereocenters. The quantitative estimate of drug-likeness (QED) is 0.661. The normalized spacial score (nSPS) is 17.9. The lowest BCUT2D eigenvalue weighted by Crippen LogP contribution is -2.30. The van der Waals surface area contributed by atoms with Gasteiger partial charge < -0.3 is 24.7 Å². The first-order valence-electron chi connectivity index (χ1n) is 10.3. The summed E-state index contributed by atoms with van der Waals surface area (Å²) in [5.41, 5.74) is 2.42. The standard InChI is InChI=1S/C23H22FN3O4/c24-16-1-3-19-18(10-16)14(12-25-19)5-6-27-13-15(9-22(27)28)23(29)26-17-2-4-20-21(11-17)31-8-7-30-20/h1-4,10-12,15,25H,5-9,13H2,(H,26,29). The van der Waals surface area contributed by atoms with Crippen LogP contribution in [0.2, 0.25) is 0 Å². The van der Waals surface area contributed by atoms with Crippen LogP contribution in [0.25, 0.3) is 10.9 Å².